The lowest BCUT2D eigenvalue weighted by molar-refractivity contribution is -0.387. The van der Waals surface area contributed by atoms with Crippen LogP contribution in [0.25, 0.3) is 0 Å². The Labute approximate surface area is 106 Å². The Morgan fingerprint density at radius 2 is 1.83 bits per heavy atom. The fraction of sp³-hybridized carbons (Fsp3) is 0.455. The highest BCUT2D eigenvalue weighted by atomic mass is 32.2. The summed E-state index contributed by atoms with van der Waals surface area (Å²) in [7, 11) is -2.08. The van der Waals surface area contributed by atoms with E-state index in [1.54, 1.807) is 14.0 Å². The molecule has 0 bridgehead atoms. The largest absolute Gasteiger partial charge is 0.316 e. The van der Waals surface area contributed by atoms with Crippen molar-refractivity contribution in [1.29, 1.82) is 0 Å². The summed E-state index contributed by atoms with van der Waals surface area (Å²) in [6.07, 6.45) is 0. The van der Waals surface area contributed by atoms with E-state index in [1.165, 1.54) is 31.2 Å². The molecule has 1 N–H and O–H groups in total. The number of para-hydroxylation sites is 1. The van der Waals surface area contributed by atoms with Crippen LogP contribution in [-0.4, -0.2) is 31.7 Å². The lowest BCUT2D eigenvalue weighted by atomic mass is 10.3. The Morgan fingerprint density at radius 1 is 1.28 bits per heavy atom. The van der Waals surface area contributed by atoms with E-state index in [4.69, 9.17) is 0 Å². The number of rotatable bonds is 5. The number of nitro benzene ring substituents is 1. The van der Waals surface area contributed by atoms with E-state index in [0.717, 1.165) is 0 Å². The summed E-state index contributed by atoms with van der Waals surface area (Å²) in [6.45, 7) is 3.25. The van der Waals surface area contributed by atoms with E-state index >= 15 is 0 Å². The summed E-state index contributed by atoms with van der Waals surface area (Å²) in [5.74, 6) is 0. The van der Waals surface area contributed by atoms with Crippen molar-refractivity contribution in [2.24, 2.45) is 0 Å². The van der Waals surface area contributed by atoms with E-state index < -0.39 is 20.0 Å². The second kappa shape index (κ2) is 5.45. The van der Waals surface area contributed by atoms with Crippen molar-refractivity contribution in [2.75, 3.05) is 7.05 Å². The third-order valence-corrected chi connectivity index (χ3v) is 5.36. The first-order valence-corrected chi connectivity index (χ1v) is 7.01. The summed E-state index contributed by atoms with van der Waals surface area (Å²) in [4.78, 5) is 9.95. The van der Waals surface area contributed by atoms with Crippen molar-refractivity contribution in [3.05, 3.63) is 34.4 Å². The Bertz CT molecular complexity index is 542. The summed E-state index contributed by atoms with van der Waals surface area (Å²) in [5.41, 5.74) is -0.382. The van der Waals surface area contributed by atoms with Gasteiger partial charge >= 0.3 is 0 Å². The molecule has 6 nitrogen and oxygen atoms in total. The summed E-state index contributed by atoms with van der Waals surface area (Å²) >= 11 is 0. The molecule has 7 heteroatoms. The molecule has 0 aliphatic heterocycles. The van der Waals surface area contributed by atoms with E-state index in [2.05, 4.69) is 5.32 Å². The van der Waals surface area contributed by atoms with Crippen LogP contribution in [0.1, 0.15) is 13.8 Å². The highest BCUT2D eigenvalue weighted by Gasteiger charge is 2.32. The number of nitro groups is 1. The van der Waals surface area contributed by atoms with Gasteiger partial charge in [-0.1, -0.05) is 12.1 Å². The van der Waals surface area contributed by atoms with Crippen LogP contribution in [-0.2, 0) is 9.84 Å². The number of nitrogens with one attached hydrogen (secondary N) is 1. The van der Waals surface area contributed by atoms with Crippen molar-refractivity contribution >= 4 is 15.5 Å². The SMILES string of the molecule is CNC(C)C(C)S(=O)(=O)c1ccccc1[N+](=O)[O-]. The maximum absolute atomic E-state index is 12.3. The lowest BCUT2D eigenvalue weighted by Gasteiger charge is -2.19. The van der Waals surface area contributed by atoms with Crippen molar-refractivity contribution < 1.29 is 13.3 Å². The zero-order valence-electron chi connectivity index (χ0n) is 10.5. The molecular formula is C11H16N2O4S. The minimum absolute atomic E-state index is 0.232. The number of hydrogen-bond acceptors (Lipinski definition) is 5. The second-order valence-corrected chi connectivity index (χ2v) is 6.33. The molecule has 18 heavy (non-hydrogen) atoms. The van der Waals surface area contributed by atoms with Crippen molar-refractivity contribution in [2.45, 2.75) is 30.0 Å². The van der Waals surface area contributed by atoms with Crippen molar-refractivity contribution in [3.8, 4) is 0 Å². The summed E-state index contributed by atoms with van der Waals surface area (Å²) in [5, 5.41) is 12.9. The van der Waals surface area contributed by atoms with Gasteiger partial charge in [-0.05, 0) is 27.0 Å². The van der Waals surface area contributed by atoms with Crippen LogP contribution in [0.15, 0.2) is 29.2 Å². The third kappa shape index (κ3) is 2.68. The summed E-state index contributed by atoms with van der Waals surface area (Å²) < 4.78 is 24.6. The number of sulfone groups is 1. The normalized spacial score (nSPS) is 15.1. The molecule has 0 aliphatic carbocycles. The maximum atomic E-state index is 12.3. The van der Waals surface area contributed by atoms with Gasteiger partial charge in [-0.3, -0.25) is 10.1 Å². The molecule has 0 radical (unpaired) electrons. The molecule has 0 spiro atoms. The van der Waals surface area contributed by atoms with Gasteiger partial charge in [-0.2, -0.15) is 0 Å². The van der Waals surface area contributed by atoms with Gasteiger partial charge in [0.25, 0.3) is 5.69 Å². The second-order valence-electron chi connectivity index (χ2n) is 4.05. The quantitative estimate of drug-likeness (QED) is 0.645. The van der Waals surface area contributed by atoms with Gasteiger partial charge in [0, 0.05) is 12.1 Å². The van der Waals surface area contributed by atoms with Gasteiger partial charge in [0.2, 0.25) is 0 Å². The van der Waals surface area contributed by atoms with Crippen LogP contribution in [0, 0.1) is 10.1 Å². The fourth-order valence-electron chi connectivity index (χ4n) is 1.55. The topological polar surface area (TPSA) is 89.3 Å². The molecule has 0 aliphatic rings. The maximum Gasteiger partial charge on any atom is 0.287 e. The molecule has 0 saturated carbocycles. The lowest BCUT2D eigenvalue weighted by Crippen LogP contribution is -2.38. The number of hydrogen-bond donors (Lipinski definition) is 1. The van der Waals surface area contributed by atoms with Crippen LogP contribution in [0.2, 0.25) is 0 Å². The number of benzene rings is 1. The highest BCUT2D eigenvalue weighted by Crippen LogP contribution is 2.27. The van der Waals surface area contributed by atoms with Gasteiger partial charge in [-0.25, -0.2) is 8.42 Å². The van der Waals surface area contributed by atoms with Gasteiger partial charge in [0.15, 0.2) is 9.84 Å². The molecule has 1 rings (SSSR count). The third-order valence-electron chi connectivity index (χ3n) is 3.02. The average molecular weight is 272 g/mol. The van der Waals surface area contributed by atoms with Gasteiger partial charge in [0.1, 0.15) is 4.90 Å². The molecule has 1 aromatic carbocycles. The summed E-state index contributed by atoms with van der Waals surface area (Å²) in [6, 6.07) is 5.10. The van der Waals surface area contributed by atoms with Crippen LogP contribution >= 0.6 is 0 Å². The van der Waals surface area contributed by atoms with E-state index in [0.29, 0.717) is 0 Å². The molecule has 0 heterocycles. The molecule has 0 aromatic heterocycles. The van der Waals surface area contributed by atoms with E-state index in [9.17, 15) is 18.5 Å². The Hall–Kier alpha value is -1.47. The molecule has 0 fully saturated rings. The fourth-order valence-corrected chi connectivity index (χ4v) is 3.33. The standard InChI is InChI=1S/C11H16N2O4S/c1-8(12-3)9(2)18(16,17)11-7-5-4-6-10(11)13(14)15/h4-9,12H,1-3H3. The predicted molar refractivity (Wildman–Crippen MR) is 68.3 cm³/mol. The Morgan fingerprint density at radius 3 is 2.33 bits per heavy atom. The van der Waals surface area contributed by atoms with Crippen LogP contribution in [0.4, 0.5) is 5.69 Å². The first-order chi connectivity index (χ1) is 8.32. The molecule has 2 atom stereocenters. The van der Waals surface area contributed by atoms with E-state index in [-0.39, 0.29) is 16.6 Å². The van der Waals surface area contributed by atoms with Crippen LogP contribution in [0.5, 0.6) is 0 Å². The molecule has 0 saturated heterocycles. The van der Waals surface area contributed by atoms with Crippen LogP contribution < -0.4 is 5.32 Å². The zero-order chi connectivity index (χ0) is 13.9. The monoisotopic (exact) mass is 272 g/mol. The molecule has 2 unspecified atom stereocenters. The average Bonchev–Trinajstić information content (AvgIpc) is 2.36. The minimum atomic E-state index is -3.73. The first kappa shape index (κ1) is 14.6. The van der Waals surface area contributed by atoms with Gasteiger partial charge in [0.05, 0.1) is 10.2 Å². The smallest absolute Gasteiger partial charge is 0.287 e. The Balaban J connectivity index is 3.33. The van der Waals surface area contributed by atoms with Crippen molar-refractivity contribution in [3.63, 3.8) is 0 Å². The zero-order valence-corrected chi connectivity index (χ0v) is 11.3. The van der Waals surface area contributed by atoms with Crippen molar-refractivity contribution in [1.82, 2.24) is 5.32 Å². The molecular weight excluding hydrogens is 256 g/mol. The van der Waals surface area contributed by atoms with Crippen LogP contribution in [0.3, 0.4) is 0 Å². The molecule has 1 aromatic rings. The number of nitrogens with zero attached hydrogens (tertiary/aromatic N) is 1. The highest BCUT2D eigenvalue weighted by molar-refractivity contribution is 7.92. The predicted octanol–water partition coefficient (Wildman–Crippen LogP) is 1.36. The first-order valence-electron chi connectivity index (χ1n) is 5.47. The van der Waals surface area contributed by atoms with E-state index in [1.807, 2.05) is 0 Å². The molecule has 0 amide bonds. The Kier molecular flexibility index (Phi) is 4.42. The molecule has 100 valence electrons. The van der Waals surface area contributed by atoms with Gasteiger partial charge < -0.3 is 5.32 Å². The minimum Gasteiger partial charge on any atom is -0.316 e. The van der Waals surface area contributed by atoms with Gasteiger partial charge in [-0.15, -0.1) is 0 Å².